The predicted octanol–water partition coefficient (Wildman–Crippen LogP) is 2.52. The molecule has 128 valence electrons. The molecule has 0 unspecified atom stereocenters. The van der Waals surface area contributed by atoms with Crippen LogP contribution in [0.15, 0.2) is 35.1 Å². The number of nitrogens with zero attached hydrogens (tertiary/aromatic N) is 4. The number of carbonyl (C=O) groups excluding carboxylic acids is 1. The van der Waals surface area contributed by atoms with E-state index < -0.39 is 0 Å². The van der Waals surface area contributed by atoms with E-state index in [2.05, 4.69) is 4.98 Å². The van der Waals surface area contributed by atoms with Gasteiger partial charge in [-0.1, -0.05) is 17.7 Å². The number of ketones is 1. The topological polar surface area (TPSA) is 79.0 Å². The molecule has 0 spiro atoms. The molecule has 0 saturated carbocycles. The van der Waals surface area contributed by atoms with Crippen LogP contribution in [0.2, 0.25) is 5.02 Å². The molecule has 2 heterocycles. The lowest BCUT2D eigenvalue weighted by molar-refractivity contribution is 0.103. The maximum Gasteiger partial charge on any atom is 0.267 e. The summed E-state index contributed by atoms with van der Waals surface area (Å²) in [5.74, 6) is -0.325. The van der Waals surface area contributed by atoms with Gasteiger partial charge >= 0.3 is 0 Å². The first-order chi connectivity index (χ1) is 12.4. The molecule has 4 rings (SSSR count). The molecular formula is C19H13ClN4O2. The molecule has 0 atom stereocenters. The Labute approximate surface area is 153 Å². The largest absolute Gasteiger partial charge is 0.305 e. The molecule has 1 aromatic heterocycles. The number of aromatic nitrogens is 2. The van der Waals surface area contributed by atoms with E-state index in [1.165, 1.54) is 10.6 Å². The Morgan fingerprint density at radius 3 is 2.69 bits per heavy atom. The van der Waals surface area contributed by atoms with Crippen molar-refractivity contribution in [1.82, 2.24) is 14.5 Å². The van der Waals surface area contributed by atoms with E-state index >= 15 is 0 Å². The van der Waals surface area contributed by atoms with E-state index in [0.717, 1.165) is 5.56 Å². The first-order valence-electron chi connectivity index (χ1n) is 7.90. The molecule has 0 bridgehead atoms. The zero-order chi connectivity index (χ0) is 18.6. The molecule has 2 aromatic carbocycles. The van der Waals surface area contributed by atoms with E-state index in [-0.39, 0.29) is 17.2 Å². The van der Waals surface area contributed by atoms with Crippen molar-refractivity contribution in [1.29, 1.82) is 5.26 Å². The lowest BCUT2D eigenvalue weighted by atomic mass is 10.1. The Kier molecular flexibility index (Phi) is 3.65. The van der Waals surface area contributed by atoms with Crippen LogP contribution in [0.1, 0.15) is 27.3 Å². The van der Waals surface area contributed by atoms with Crippen LogP contribution in [0.5, 0.6) is 0 Å². The van der Waals surface area contributed by atoms with Crippen molar-refractivity contribution in [2.24, 2.45) is 0 Å². The Bertz CT molecular complexity index is 1200. The van der Waals surface area contributed by atoms with Crippen molar-refractivity contribution >= 4 is 28.3 Å². The fourth-order valence-electron chi connectivity index (χ4n) is 3.22. The van der Waals surface area contributed by atoms with E-state index in [1.54, 1.807) is 18.2 Å². The van der Waals surface area contributed by atoms with Gasteiger partial charge in [-0.15, -0.1) is 0 Å². The second-order valence-electron chi connectivity index (χ2n) is 6.42. The smallest absolute Gasteiger partial charge is 0.267 e. The van der Waals surface area contributed by atoms with Crippen molar-refractivity contribution in [3.05, 3.63) is 68.2 Å². The molecule has 0 aliphatic carbocycles. The fraction of sp³-hybridized carbons (Fsp3) is 0.158. The second-order valence-corrected chi connectivity index (χ2v) is 6.80. The van der Waals surface area contributed by atoms with Gasteiger partial charge in [0.15, 0.2) is 5.82 Å². The maximum absolute atomic E-state index is 13.1. The van der Waals surface area contributed by atoms with Crippen LogP contribution in [0.4, 0.5) is 0 Å². The third-order valence-corrected chi connectivity index (χ3v) is 4.79. The zero-order valence-electron chi connectivity index (χ0n) is 14.1. The van der Waals surface area contributed by atoms with Gasteiger partial charge in [-0.25, -0.2) is 4.98 Å². The number of nitriles is 1. The Balaban J connectivity index is 2.05. The van der Waals surface area contributed by atoms with Gasteiger partial charge in [0.1, 0.15) is 0 Å². The standard InChI is InChI=1S/C19H13ClN4O2/c1-23(2)9-11-4-5-13-15(16(11)20)19(26)24-14-6-3-10(8-21)7-12(14)17(25)18(24)22-13/h3-7H,9H2,1-2H3. The van der Waals surface area contributed by atoms with E-state index in [9.17, 15) is 9.59 Å². The summed E-state index contributed by atoms with van der Waals surface area (Å²) < 4.78 is 1.28. The van der Waals surface area contributed by atoms with Gasteiger partial charge in [0.05, 0.1) is 38.8 Å². The SMILES string of the molecule is CN(C)Cc1ccc2nc3n(c(=O)c2c1Cl)-c1ccc(C#N)cc1C3=O. The molecule has 0 N–H and O–H groups in total. The van der Waals surface area contributed by atoms with Gasteiger partial charge in [-0.2, -0.15) is 5.26 Å². The summed E-state index contributed by atoms with van der Waals surface area (Å²) in [6.07, 6.45) is 0. The predicted molar refractivity (Wildman–Crippen MR) is 97.9 cm³/mol. The average molecular weight is 365 g/mol. The Hall–Kier alpha value is -3.01. The van der Waals surface area contributed by atoms with Crippen LogP contribution in [0.3, 0.4) is 0 Å². The van der Waals surface area contributed by atoms with Crippen molar-refractivity contribution in [2.75, 3.05) is 14.1 Å². The molecule has 3 aromatic rings. The van der Waals surface area contributed by atoms with Gasteiger partial charge < -0.3 is 4.90 Å². The number of hydrogen-bond acceptors (Lipinski definition) is 5. The Morgan fingerprint density at radius 2 is 2.00 bits per heavy atom. The van der Waals surface area contributed by atoms with Crippen LogP contribution in [0, 0.1) is 11.3 Å². The average Bonchev–Trinajstić information content (AvgIpc) is 2.89. The first-order valence-corrected chi connectivity index (χ1v) is 8.28. The van der Waals surface area contributed by atoms with Crippen molar-refractivity contribution in [3.63, 3.8) is 0 Å². The highest BCUT2D eigenvalue weighted by Gasteiger charge is 2.31. The fourth-order valence-corrected chi connectivity index (χ4v) is 3.52. The lowest BCUT2D eigenvalue weighted by Gasteiger charge is -2.13. The van der Waals surface area contributed by atoms with E-state index in [4.69, 9.17) is 16.9 Å². The molecule has 26 heavy (non-hydrogen) atoms. The highest BCUT2D eigenvalue weighted by molar-refractivity contribution is 6.36. The van der Waals surface area contributed by atoms with Crippen molar-refractivity contribution < 1.29 is 4.79 Å². The monoisotopic (exact) mass is 364 g/mol. The summed E-state index contributed by atoms with van der Waals surface area (Å²) in [7, 11) is 3.83. The summed E-state index contributed by atoms with van der Waals surface area (Å²) >= 11 is 6.50. The van der Waals surface area contributed by atoms with Crippen molar-refractivity contribution in [2.45, 2.75) is 6.54 Å². The molecule has 0 radical (unpaired) electrons. The molecule has 6 nitrogen and oxygen atoms in total. The number of benzene rings is 2. The number of halogens is 1. The van der Waals surface area contributed by atoms with E-state index in [1.807, 2.05) is 31.1 Å². The minimum atomic E-state index is -0.382. The van der Waals surface area contributed by atoms with Gasteiger partial charge in [0, 0.05) is 6.54 Å². The highest BCUT2D eigenvalue weighted by Crippen LogP contribution is 2.30. The van der Waals surface area contributed by atoms with Gasteiger partial charge in [0.25, 0.3) is 5.56 Å². The van der Waals surface area contributed by atoms with Crippen LogP contribution in [-0.2, 0) is 6.54 Å². The maximum atomic E-state index is 13.1. The lowest BCUT2D eigenvalue weighted by Crippen LogP contribution is -2.22. The first kappa shape index (κ1) is 16.5. The van der Waals surface area contributed by atoms with Crippen molar-refractivity contribution in [3.8, 4) is 11.8 Å². The third kappa shape index (κ3) is 2.25. The number of rotatable bonds is 2. The quantitative estimate of drug-likeness (QED) is 0.546. The van der Waals surface area contributed by atoms with Gasteiger partial charge in [0.2, 0.25) is 5.78 Å². The summed E-state index contributed by atoms with van der Waals surface area (Å²) in [5, 5.41) is 9.69. The number of hydrogen-bond donors (Lipinski definition) is 0. The van der Waals surface area contributed by atoms with Crippen LogP contribution < -0.4 is 5.56 Å². The van der Waals surface area contributed by atoms with Crippen LogP contribution >= 0.6 is 11.6 Å². The minimum absolute atomic E-state index is 0.0454. The van der Waals surface area contributed by atoms with Gasteiger partial charge in [-0.05, 0) is 43.9 Å². The molecule has 1 aliphatic heterocycles. The van der Waals surface area contributed by atoms with Gasteiger partial charge in [-0.3, -0.25) is 14.2 Å². The number of carbonyl (C=O) groups is 1. The molecule has 0 amide bonds. The summed E-state index contributed by atoms with van der Waals surface area (Å²) in [6.45, 7) is 0.580. The molecule has 0 saturated heterocycles. The molecule has 0 fully saturated rings. The molecule has 1 aliphatic rings. The minimum Gasteiger partial charge on any atom is -0.305 e. The van der Waals surface area contributed by atoms with Crippen LogP contribution in [0.25, 0.3) is 16.6 Å². The number of fused-ring (bicyclic) bond motifs is 4. The summed E-state index contributed by atoms with van der Waals surface area (Å²) in [4.78, 5) is 32.2. The highest BCUT2D eigenvalue weighted by atomic mass is 35.5. The molecular weight excluding hydrogens is 352 g/mol. The normalized spacial score (nSPS) is 12.3. The second kappa shape index (κ2) is 5.77. The molecule has 7 heteroatoms. The van der Waals surface area contributed by atoms with E-state index in [0.29, 0.717) is 39.3 Å². The third-order valence-electron chi connectivity index (χ3n) is 4.36. The summed E-state index contributed by atoms with van der Waals surface area (Å²) in [6, 6.07) is 10.2. The summed E-state index contributed by atoms with van der Waals surface area (Å²) in [5.41, 5.74) is 1.90. The van der Waals surface area contributed by atoms with Crippen LogP contribution in [-0.4, -0.2) is 34.3 Å². The Morgan fingerprint density at radius 1 is 1.23 bits per heavy atom. The zero-order valence-corrected chi connectivity index (χ0v) is 14.8.